The summed E-state index contributed by atoms with van der Waals surface area (Å²) in [6.07, 6.45) is 1.58. The first-order valence-corrected chi connectivity index (χ1v) is 11.2. The number of benzene rings is 2. The molecule has 0 spiro atoms. The Hall–Kier alpha value is -4.99. The fourth-order valence-corrected chi connectivity index (χ4v) is 3.72. The highest BCUT2D eigenvalue weighted by molar-refractivity contribution is 6.04. The van der Waals surface area contributed by atoms with Crippen LogP contribution in [0.3, 0.4) is 0 Å². The molecule has 0 saturated carbocycles. The molecule has 9 nitrogen and oxygen atoms in total. The molecule has 1 N–H and O–H groups in total. The molecular weight excluding hydrogens is 477 g/mol. The minimum absolute atomic E-state index is 0.0500. The quantitative estimate of drug-likeness (QED) is 0.324. The topological polar surface area (TPSA) is 99.9 Å². The Labute approximate surface area is 211 Å². The molecule has 10 heteroatoms. The zero-order chi connectivity index (χ0) is 25.9. The van der Waals surface area contributed by atoms with Gasteiger partial charge in [0.05, 0.1) is 26.1 Å². The summed E-state index contributed by atoms with van der Waals surface area (Å²) in [5, 5.41) is 6.86. The first-order chi connectivity index (χ1) is 17.9. The largest absolute Gasteiger partial charge is 0.497 e. The van der Waals surface area contributed by atoms with Gasteiger partial charge in [0.25, 0.3) is 5.91 Å². The van der Waals surface area contributed by atoms with Gasteiger partial charge in [-0.25, -0.2) is 14.4 Å². The maximum Gasteiger partial charge on any atom is 0.256 e. The number of methoxy groups -OCH3 is 2. The van der Waals surface area contributed by atoms with Crippen LogP contribution >= 0.6 is 0 Å². The average Bonchev–Trinajstić information content (AvgIpc) is 3.38. The van der Waals surface area contributed by atoms with Gasteiger partial charge in [-0.1, -0.05) is 6.07 Å². The predicted octanol–water partition coefficient (Wildman–Crippen LogP) is 5.30. The molecule has 0 unspecified atom stereocenters. The molecule has 5 aromatic rings. The third-order valence-electron chi connectivity index (χ3n) is 5.50. The summed E-state index contributed by atoms with van der Waals surface area (Å²) >= 11 is 0. The number of ether oxygens (including phenoxy) is 3. The van der Waals surface area contributed by atoms with E-state index in [4.69, 9.17) is 14.2 Å². The number of hydrogen-bond acceptors (Lipinski definition) is 7. The fourth-order valence-electron chi connectivity index (χ4n) is 3.72. The van der Waals surface area contributed by atoms with Gasteiger partial charge in [0.15, 0.2) is 17.2 Å². The number of carbonyl (C=O) groups is 1. The van der Waals surface area contributed by atoms with Crippen LogP contribution in [0.5, 0.6) is 23.1 Å². The number of anilines is 1. The van der Waals surface area contributed by atoms with E-state index in [9.17, 15) is 9.18 Å². The maximum atomic E-state index is 14.9. The Morgan fingerprint density at radius 1 is 0.946 bits per heavy atom. The van der Waals surface area contributed by atoms with Crippen LogP contribution in [-0.2, 0) is 0 Å². The van der Waals surface area contributed by atoms with E-state index in [1.807, 2.05) is 12.1 Å². The lowest BCUT2D eigenvalue weighted by atomic mass is 10.1. The van der Waals surface area contributed by atoms with Crippen molar-refractivity contribution in [3.05, 3.63) is 90.0 Å². The Bertz CT molecular complexity index is 1600. The van der Waals surface area contributed by atoms with Crippen molar-refractivity contribution in [1.82, 2.24) is 19.6 Å². The van der Waals surface area contributed by atoms with E-state index in [0.717, 1.165) is 11.6 Å². The highest BCUT2D eigenvalue weighted by Crippen LogP contribution is 2.30. The first kappa shape index (κ1) is 23.7. The number of nitrogens with zero attached hydrogens (tertiary/aromatic N) is 4. The molecule has 0 radical (unpaired) electrons. The number of carbonyl (C=O) groups excluding carboxylic acids is 1. The molecule has 186 valence electrons. The van der Waals surface area contributed by atoms with E-state index in [-0.39, 0.29) is 11.3 Å². The van der Waals surface area contributed by atoms with Gasteiger partial charge < -0.3 is 19.5 Å². The van der Waals surface area contributed by atoms with Crippen molar-refractivity contribution >= 4 is 17.4 Å². The van der Waals surface area contributed by atoms with E-state index >= 15 is 0 Å². The van der Waals surface area contributed by atoms with Gasteiger partial charge in [-0.3, -0.25) is 4.79 Å². The number of amides is 1. The number of fused-ring (bicyclic) bond motifs is 1. The van der Waals surface area contributed by atoms with Gasteiger partial charge in [-0.2, -0.15) is 9.61 Å². The molecule has 3 heterocycles. The smallest absolute Gasteiger partial charge is 0.256 e. The third-order valence-corrected chi connectivity index (χ3v) is 5.50. The molecule has 0 aliphatic rings. The molecule has 37 heavy (non-hydrogen) atoms. The van der Waals surface area contributed by atoms with Crippen molar-refractivity contribution in [2.24, 2.45) is 0 Å². The Balaban J connectivity index is 1.35. The lowest BCUT2D eigenvalue weighted by molar-refractivity contribution is 0.102. The van der Waals surface area contributed by atoms with Crippen LogP contribution in [-0.4, -0.2) is 39.7 Å². The van der Waals surface area contributed by atoms with E-state index in [1.54, 1.807) is 63.7 Å². The van der Waals surface area contributed by atoms with Crippen molar-refractivity contribution < 1.29 is 23.4 Å². The number of aromatic nitrogens is 4. The summed E-state index contributed by atoms with van der Waals surface area (Å²) < 4.78 is 32.7. The number of halogens is 1. The van der Waals surface area contributed by atoms with Crippen LogP contribution in [0.15, 0.2) is 72.9 Å². The zero-order valence-electron chi connectivity index (χ0n) is 20.2. The normalized spacial score (nSPS) is 10.8. The molecule has 0 aliphatic heterocycles. The second-order valence-corrected chi connectivity index (χ2v) is 8.05. The van der Waals surface area contributed by atoms with E-state index < -0.39 is 11.7 Å². The number of pyridine rings is 1. The molecule has 2 aromatic carbocycles. The monoisotopic (exact) mass is 499 g/mol. The van der Waals surface area contributed by atoms with E-state index in [0.29, 0.717) is 40.2 Å². The first-order valence-electron chi connectivity index (χ1n) is 11.2. The Kier molecular flexibility index (Phi) is 6.38. The number of nitrogens with one attached hydrogen (secondary N) is 1. The van der Waals surface area contributed by atoms with Crippen molar-refractivity contribution in [3.8, 4) is 34.4 Å². The van der Waals surface area contributed by atoms with Gasteiger partial charge in [0.1, 0.15) is 17.3 Å². The highest BCUT2D eigenvalue weighted by Gasteiger charge is 2.15. The van der Waals surface area contributed by atoms with Gasteiger partial charge >= 0.3 is 0 Å². The summed E-state index contributed by atoms with van der Waals surface area (Å²) in [7, 11) is 3.13. The summed E-state index contributed by atoms with van der Waals surface area (Å²) in [5.41, 5.74) is 2.73. The van der Waals surface area contributed by atoms with Crippen LogP contribution in [0, 0.1) is 12.7 Å². The second-order valence-electron chi connectivity index (χ2n) is 8.05. The van der Waals surface area contributed by atoms with Gasteiger partial charge in [-0.15, -0.1) is 0 Å². The van der Waals surface area contributed by atoms with Crippen molar-refractivity contribution in [2.75, 3.05) is 19.5 Å². The fraction of sp³-hybridized carbons (Fsp3) is 0.111. The number of aryl methyl sites for hydroxylation is 1. The van der Waals surface area contributed by atoms with Crippen LogP contribution in [0.1, 0.15) is 16.1 Å². The van der Waals surface area contributed by atoms with E-state index in [2.05, 4.69) is 20.4 Å². The van der Waals surface area contributed by atoms with Crippen LogP contribution in [0.25, 0.3) is 16.9 Å². The summed E-state index contributed by atoms with van der Waals surface area (Å²) in [5.74, 6) is 0.556. The average molecular weight is 500 g/mol. The predicted molar refractivity (Wildman–Crippen MR) is 135 cm³/mol. The van der Waals surface area contributed by atoms with Crippen LogP contribution in [0.4, 0.5) is 10.2 Å². The minimum atomic E-state index is -0.701. The molecule has 0 aliphatic carbocycles. The lowest BCUT2D eigenvalue weighted by Crippen LogP contribution is -2.13. The maximum absolute atomic E-state index is 14.9. The molecule has 5 rings (SSSR count). The third kappa shape index (κ3) is 5.03. The SMILES string of the molecule is COc1cc(OC)cc(-c2cccc(NC(=O)c3ccc(Oc4cc(C)nc5ccnn45)c(F)c3)n2)c1. The Morgan fingerprint density at radius 3 is 2.46 bits per heavy atom. The molecular formula is C27H22FN5O4. The van der Waals surface area contributed by atoms with Crippen molar-refractivity contribution in [1.29, 1.82) is 0 Å². The molecule has 0 saturated heterocycles. The summed E-state index contributed by atoms with van der Waals surface area (Å²) in [6, 6.07) is 17.9. The molecule has 3 aromatic heterocycles. The minimum Gasteiger partial charge on any atom is -0.497 e. The number of hydrogen-bond donors (Lipinski definition) is 1. The van der Waals surface area contributed by atoms with E-state index in [1.165, 1.54) is 16.6 Å². The van der Waals surface area contributed by atoms with Crippen LogP contribution < -0.4 is 19.5 Å². The van der Waals surface area contributed by atoms with Gasteiger partial charge in [0.2, 0.25) is 5.88 Å². The van der Waals surface area contributed by atoms with Crippen LogP contribution in [0.2, 0.25) is 0 Å². The highest BCUT2D eigenvalue weighted by atomic mass is 19.1. The Morgan fingerprint density at radius 2 is 1.73 bits per heavy atom. The summed E-state index contributed by atoms with van der Waals surface area (Å²) in [4.78, 5) is 21.7. The zero-order valence-corrected chi connectivity index (χ0v) is 20.2. The number of rotatable bonds is 7. The standard InChI is InChI=1S/C27H22FN5O4/c1-16-11-26(33-25(30-16)9-10-29-33)37-23-8-7-17(14-21(23)28)27(34)32-24-6-4-5-22(31-24)18-12-19(35-2)15-20(13-18)36-3/h4-15H,1-3H3,(H,31,32,34). The van der Waals surface area contributed by atoms with Crippen molar-refractivity contribution in [2.45, 2.75) is 6.92 Å². The molecule has 0 bridgehead atoms. The molecule has 0 atom stereocenters. The van der Waals surface area contributed by atoms with Crippen molar-refractivity contribution in [3.63, 3.8) is 0 Å². The lowest BCUT2D eigenvalue weighted by Gasteiger charge is -2.11. The molecule has 0 fully saturated rings. The van der Waals surface area contributed by atoms with Gasteiger partial charge in [-0.05, 0) is 49.4 Å². The second kappa shape index (κ2) is 9.94. The summed E-state index contributed by atoms with van der Waals surface area (Å²) in [6.45, 7) is 1.80. The molecule has 1 amide bonds. The van der Waals surface area contributed by atoms with Gasteiger partial charge in [0, 0.05) is 35.0 Å².